The zero-order valence-corrected chi connectivity index (χ0v) is 9.32. The Morgan fingerprint density at radius 2 is 2.40 bits per heavy atom. The molecule has 0 fully saturated rings. The molecule has 1 rings (SSSR count). The largest absolute Gasteiger partial charge is 0.388 e. The Labute approximate surface area is 89.1 Å². The highest BCUT2D eigenvalue weighted by Gasteiger charge is 2.19. The minimum atomic E-state index is -0.857. The van der Waals surface area contributed by atoms with E-state index in [2.05, 4.69) is 10.4 Å². The summed E-state index contributed by atoms with van der Waals surface area (Å²) in [5.74, 6) is -0.260. The average molecular weight is 211 g/mol. The van der Waals surface area contributed by atoms with Gasteiger partial charge in [-0.3, -0.25) is 9.48 Å². The van der Waals surface area contributed by atoms with Gasteiger partial charge in [0, 0.05) is 19.8 Å². The van der Waals surface area contributed by atoms with Gasteiger partial charge >= 0.3 is 0 Å². The van der Waals surface area contributed by atoms with Gasteiger partial charge in [0.2, 0.25) is 0 Å². The molecule has 1 atom stereocenters. The first kappa shape index (κ1) is 11.7. The van der Waals surface area contributed by atoms with E-state index < -0.39 is 5.60 Å². The van der Waals surface area contributed by atoms with Gasteiger partial charge in [0.15, 0.2) is 0 Å². The van der Waals surface area contributed by atoms with Crippen LogP contribution >= 0.6 is 0 Å². The number of carbonyl (C=O) groups is 1. The van der Waals surface area contributed by atoms with E-state index in [1.54, 1.807) is 30.9 Å². The number of aliphatic hydroxyl groups is 1. The second-order valence-corrected chi connectivity index (χ2v) is 3.91. The molecule has 1 aromatic rings. The number of aromatic nitrogens is 2. The number of nitrogens with one attached hydrogen (secondary N) is 1. The van der Waals surface area contributed by atoms with E-state index >= 15 is 0 Å². The first-order chi connectivity index (χ1) is 6.94. The van der Waals surface area contributed by atoms with Crippen LogP contribution in [0.4, 0.5) is 0 Å². The predicted octanol–water partition coefficient (Wildman–Crippen LogP) is 0.311. The second-order valence-electron chi connectivity index (χ2n) is 3.91. The van der Waals surface area contributed by atoms with E-state index in [4.69, 9.17) is 0 Å². The van der Waals surface area contributed by atoms with Gasteiger partial charge in [0.1, 0.15) is 5.69 Å². The van der Waals surface area contributed by atoms with Gasteiger partial charge in [-0.1, -0.05) is 6.92 Å². The summed E-state index contributed by atoms with van der Waals surface area (Å²) in [6.07, 6.45) is 2.29. The summed E-state index contributed by atoms with van der Waals surface area (Å²) in [4.78, 5) is 11.5. The van der Waals surface area contributed by atoms with Crippen molar-refractivity contribution in [2.24, 2.45) is 7.05 Å². The summed E-state index contributed by atoms with van der Waals surface area (Å²) in [7, 11) is 1.75. The van der Waals surface area contributed by atoms with Gasteiger partial charge in [-0.15, -0.1) is 0 Å². The summed E-state index contributed by atoms with van der Waals surface area (Å²) in [5, 5.41) is 16.3. The fraction of sp³-hybridized carbons (Fsp3) is 0.600. The van der Waals surface area contributed by atoms with Crippen molar-refractivity contribution in [1.82, 2.24) is 15.1 Å². The molecule has 5 heteroatoms. The van der Waals surface area contributed by atoms with Crippen LogP contribution in [0, 0.1) is 0 Å². The predicted molar refractivity (Wildman–Crippen MR) is 56.5 cm³/mol. The van der Waals surface area contributed by atoms with Crippen molar-refractivity contribution in [3.05, 3.63) is 18.0 Å². The van der Waals surface area contributed by atoms with Crippen molar-refractivity contribution in [3.63, 3.8) is 0 Å². The molecular formula is C10H17N3O2. The lowest BCUT2D eigenvalue weighted by Gasteiger charge is -2.21. The Kier molecular flexibility index (Phi) is 3.47. The smallest absolute Gasteiger partial charge is 0.271 e. The van der Waals surface area contributed by atoms with Crippen LogP contribution in [0.3, 0.4) is 0 Å². The highest BCUT2D eigenvalue weighted by molar-refractivity contribution is 5.92. The fourth-order valence-corrected chi connectivity index (χ4v) is 1.02. The van der Waals surface area contributed by atoms with Crippen molar-refractivity contribution in [1.29, 1.82) is 0 Å². The molecule has 0 saturated carbocycles. The van der Waals surface area contributed by atoms with E-state index in [9.17, 15) is 9.90 Å². The Morgan fingerprint density at radius 1 is 1.73 bits per heavy atom. The summed E-state index contributed by atoms with van der Waals surface area (Å²) >= 11 is 0. The fourth-order valence-electron chi connectivity index (χ4n) is 1.02. The molecule has 2 N–H and O–H groups in total. The molecule has 1 aromatic heterocycles. The molecule has 0 aliphatic carbocycles. The van der Waals surface area contributed by atoms with Crippen molar-refractivity contribution >= 4 is 5.91 Å². The monoisotopic (exact) mass is 211 g/mol. The van der Waals surface area contributed by atoms with E-state index in [-0.39, 0.29) is 12.5 Å². The molecule has 0 radical (unpaired) electrons. The Morgan fingerprint density at radius 3 is 2.87 bits per heavy atom. The van der Waals surface area contributed by atoms with E-state index in [1.807, 2.05) is 6.92 Å². The van der Waals surface area contributed by atoms with Gasteiger partial charge in [0.25, 0.3) is 5.91 Å². The highest BCUT2D eigenvalue weighted by Crippen LogP contribution is 2.06. The number of amides is 1. The molecule has 0 spiro atoms. The molecule has 0 aromatic carbocycles. The lowest BCUT2D eigenvalue weighted by Crippen LogP contribution is -2.40. The Hall–Kier alpha value is -1.36. The number of carbonyl (C=O) groups excluding carboxylic acids is 1. The molecule has 1 unspecified atom stereocenters. The number of nitrogens with zero attached hydrogens (tertiary/aromatic N) is 2. The molecule has 0 saturated heterocycles. The van der Waals surface area contributed by atoms with Crippen molar-refractivity contribution < 1.29 is 9.90 Å². The molecule has 84 valence electrons. The first-order valence-electron chi connectivity index (χ1n) is 4.95. The lowest BCUT2D eigenvalue weighted by atomic mass is 10.0. The summed E-state index contributed by atoms with van der Waals surface area (Å²) in [5.41, 5.74) is -0.492. The van der Waals surface area contributed by atoms with Gasteiger partial charge in [-0.2, -0.15) is 5.10 Å². The van der Waals surface area contributed by atoms with E-state index in [0.29, 0.717) is 12.1 Å². The maximum atomic E-state index is 11.5. The van der Waals surface area contributed by atoms with Crippen molar-refractivity contribution in [2.45, 2.75) is 25.9 Å². The molecule has 15 heavy (non-hydrogen) atoms. The van der Waals surface area contributed by atoms with Crippen LogP contribution < -0.4 is 5.32 Å². The SMILES string of the molecule is CCC(C)(O)CNC(=O)c1ccn(C)n1. The molecule has 5 nitrogen and oxygen atoms in total. The minimum absolute atomic E-state index is 0.235. The van der Waals surface area contributed by atoms with Crippen LogP contribution in [0.5, 0.6) is 0 Å². The number of aryl methyl sites for hydroxylation is 1. The molecule has 1 heterocycles. The van der Waals surface area contributed by atoms with Crippen LogP contribution in [0.25, 0.3) is 0 Å². The van der Waals surface area contributed by atoms with Crippen molar-refractivity contribution in [3.8, 4) is 0 Å². The highest BCUT2D eigenvalue weighted by atomic mass is 16.3. The molecule has 1 amide bonds. The van der Waals surface area contributed by atoms with Crippen molar-refractivity contribution in [2.75, 3.05) is 6.54 Å². The molecule has 0 aliphatic heterocycles. The maximum Gasteiger partial charge on any atom is 0.271 e. The van der Waals surface area contributed by atoms with Gasteiger partial charge in [-0.25, -0.2) is 0 Å². The third-order valence-electron chi connectivity index (χ3n) is 2.34. The zero-order valence-electron chi connectivity index (χ0n) is 9.32. The van der Waals surface area contributed by atoms with Crippen LogP contribution in [-0.4, -0.2) is 32.9 Å². The maximum absolute atomic E-state index is 11.5. The van der Waals surface area contributed by atoms with Crippen LogP contribution in [0.2, 0.25) is 0 Å². The average Bonchev–Trinajstić information content (AvgIpc) is 2.61. The lowest BCUT2D eigenvalue weighted by molar-refractivity contribution is 0.0517. The van der Waals surface area contributed by atoms with Gasteiger partial charge < -0.3 is 10.4 Å². The van der Waals surface area contributed by atoms with E-state index in [1.165, 1.54) is 0 Å². The standard InChI is InChI=1S/C10H17N3O2/c1-4-10(2,15)7-11-9(14)8-5-6-13(3)12-8/h5-6,15H,4,7H2,1-3H3,(H,11,14). The third-order valence-corrected chi connectivity index (χ3v) is 2.34. The summed E-state index contributed by atoms with van der Waals surface area (Å²) in [6, 6.07) is 1.63. The minimum Gasteiger partial charge on any atom is -0.388 e. The van der Waals surface area contributed by atoms with Crippen LogP contribution in [-0.2, 0) is 7.05 Å². The number of rotatable bonds is 4. The van der Waals surface area contributed by atoms with Crippen LogP contribution in [0.15, 0.2) is 12.3 Å². The third kappa shape index (κ3) is 3.36. The zero-order chi connectivity index (χ0) is 11.5. The molecular weight excluding hydrogens is 194 g/mol. The summed E-state index contributed by atoms with van der Waals surface area (Å²) in [6.45, 7) is 3.79. The second kappa shape index (κ2) is 4.44. The van der Waals surface area contributed by atoms with E-state index in [0.717, 1.165) is 0 Å². The number of hydrogen-bond acceptors (Lipinski definition) is 3. The van der Waals surface area contributed by atoms with Gasteiger partial charge in [-0.05, 0) is 19.4 Å². The first-order valence-corrected chi connectivity index (χ1v) is 4.95. The van der Waals surface area contributed by atoms with Crippen LogP contribution in [0.1, 0.15) is 30.8 Å². The normalized spacial score (nSPS) is 14.7. The molecule has 0 bridgehead atoms. The Balaban J connectivity index is 2.50. The molecule has 0 aliphatic rings. The van der Waals surface area contributed by atoms with Gasteiger partial charge in [0.05, 0.1) is 5.60 Å². The topological polar surface area (TPSA) is 67.2 Å². The summed E-state index contributed by atoms with van der Waals surface area (Å²) < 4.78 is 1.56. The quantitative estimate of drug-likeness (QED) is 0.753. The number of hydrogen-bond donors (Lipinski definition) is 2. The Bertz CT molecular complexity index is 344.